The molecule has 1 aromatic carbocycles. The minimum atomic E-state index is -3.59. The Bertz CT molecular complexity index is 665. The Kier molecular flexibility index (Phi) is 3.80. The van der Waals surface area contributed by atoms with Gasteiger partial charge >= 0.3 is 5.97 Å². The van der Waals surface area contributed by atoms with Crippen molar-refractivity contribution in [2.45, 2.75) is 24.8 Å². The number of amidine groups is 1. The zero-order chi connectivity index (χ0) is 14.9. The van der Waals surface area contributed by atoms with Gasteiger partial charge in [-0.1, -0.05) is 26.0 Å². The van der Waals surface area contributed by atoms with Crippen LogP contribution < -0.4 is 4.72 Å². The Hall–Kier alpha value is -1.89. The van der Waals surface area contributed by atoms with Gasteiger partial charge in [0.2, 0.25) is 0 Å². The maximum atomic E-state index is 11.9. The van der Waals surface area contributed by atoms with Crippen molar-refractivity contribution in [2.24, 2.45) is 10.9 Å². The molecule has 20 heavy (non-hydrogen) atoms. The number of nitrogens with one attached hydrogen (secondary N) is 1. The summed E-state index contributed by atoms with van der Waals surface area (Å²) >= 11 is 0. The lowest BCUT2D eigenvalue weighted by Gasteiger charge is -2.14. The second-order valence-electron chi connectivity index (χ2n) is 4.79. The molecule has 0 amide bonds. The maximum absolute atomic E-state index is 11.9. The molecule has 2 rings (SSSR count). The van der Waals surface area contributed by atoms with Gasteiger partial charge < -0.3 is 4.74 Å². The molecule has 1 aliphatic heterocycles. The van der Waals surface area contributed by atoms with Gasteiger partial charge in [0.15, 0.2) is 6.04 Å². The number of hydrogen-bond donors (Lipinski definition) is 1. The molecule has 0 saturated carbocycles. The molecule has 0 bridgehead atoms. The summed E-state index contributed by atoms with van der Waals surface area (Å²) in [5.74, 6) is -0.409. The van der Waals surface area contributed by atoms with Crippen molar-refractivity contribution < 1.29 is 17.9 Å². The maximum Gasteiger partial charge on any atom is 0.330 e. The molecule has 0 aliphatic carbocycles. The topological polar surface area (TPSA) is 84.8 Å². The molecule has 1 aromatic rings. The highest BCUT2D eigenvalue weighted by atomic mass is 32.2. The smallest absolute Gasteiger partial charge is 0.330 e. The minimum Gasteiger partial charge on any atom is -0.467 e. The molecule has 0 aromatic heterocycles. The fraction of sp³-hybridized carbons (Fsp3) is 0.385. The van der Waals surface area contributed by atoms with E-state index in [1.165, 1.54) is 13.2 Å². The number of carbonyl (C=O) groups excluding carboxylic acids is 1. The highest BCUT2D eigenvalue weighted by Crippen LogP contribution is 2.23. The molecule has 6 nitrogen and oxygen atoms in total. The zero-order valence-corrected chi connectivity index (χ0v) is 12.3. The molecular weight excluding hydrogens is 280 g/mol. The average molecular weight is 296 g/mol. The lowest BCUT2D eigenvalue weighted by Crippen LogP contribution is -2.31. The van der Waals surface area contributed by atoms with Gasteiger partial charge in [0.25, 0.3) is 10.0 Å². The molecule has 7 heteroatoms. The first-order valence-electron chi connectivity index (χ1n) is 6.14. The van der Waals surface area contributed by atoms with E-state index in [4.69, 9.17) is 4.74 Å². The lowest BCUT2D eigenvalue weighted by atomic mass is 10.1. The number of nitrogens with zero attached hydrogens (tertiary/aromatic N) is 1. The van der Waals surface area contributed by atoms with Gasteiger partial charge in [-0.25, -0.2) is 13.2 Å². The summed E-state index contributed by atoms with van der Waals surface area (Å²) in [4.78, 5) is 16.1. The summed E-state index contributed by atoms with van der Waals surface area (Å²) in [6, 6.07) is 5.77. The van der Waals surface area contributed by atoms with Crippen molar-refractivity contribution in [1.82, 2.24) is 4.72 Å². The molecule has 1 unspecified atom stereocenters. The number of esters is 1. The van der Waals surface area contributed by atoms with E-state index < -0.39 is 22.0 Å². The van der Waals surface area contributed by atoms with E-state index in [0.29, 0.717) is 5.56 Å². The van der Waals surface area contributed by atoms with Gasteiger partial charge in [-0.3, -0.25) is 9.71 Å². The molecule has 1 N–H and O–H groups in total. The van der Waals surface area contributed by atoms with Crippen LogP contribution in [0.5, 0.6) is 0 Å². The van der Waals surface area contributed by atoms with Crippen molar-refractivity contribution in [3.63, 3.8) is 0 Å². The summed E-state index contributed by atoms with van der Waals surface area (Å²) < 4.78 is 31.0. The van der Waals surface area contributed by atoms with Gasteiger partial charge in [-0.05, 0) is 18.1 Å². The standard InChI is InChI=1S/C13H16N2O4S/c1-8(2)11(13(16)19-3)14-12-9-6-4-5-7-10(9)20(17,18)15-12/h4-8,11H,1-3H3,(H,14,15). The highest BCUT2D eigenvalue weighted by molar-refractivity contribution is 7.90. The van der Waals surface area contributed by atoms with Crippen molar-refractivity contribution >= 4 is 21.8 Å². The fourth-order valence-corrected chi connectivity index (χ4v) is 3.20. The molecule has 0 fully saturated rings. The van der Waals surface area contributed by atoms with E-state index in [2.05, 4.69) is 9.71 Å². The molecule has 1 atom stereocenters. The lowest BCUT2D eigenvalue weighted by molar-refractivity contribution is -0.143. The number of aliphatic imine (C=N–C) groups is 1. The molecule has 108 valence electrons. The van der Waals surface area contributed by atoms with Crippen molar-refractivity contribution in [3.8, 4) is 0 Å². The van der Waals surface area contributed by atoms with E-state index in [0.717, 1.165) is 0 Å². The van der Waals surface area contributed by atoms with Gasteiger partial charge in [0.1, 0.15) is 5.84 Å². The second-order valence-corrected chi connectivity index (χ2v) is 6.44. The number of ether oxygens (including phenoxy) is 1. The van der Waals surface area contributed by atoms with Crippen LogP contribution in [0.1, 0.15) is 19.4 Å². The van der Waals surface area contributed by atoms with Gasteiger partial charge in [0.05, 0.1) is 12.0 Å². The number of carbonyl (C=O) groups is 1. The Morgan fingerprint density at radius 3 is 2.55 bits per heavy atom. The predicted molar refractivity (Wildman–Crippen MR) is 73.9 cm³/mol. The number of sulfonamides is 1. The van der Waals surface area contributed by atoms with Gasteiger partial charge in [-0.2, -0.15) is 0 Å². The molecular formula is C13H16N2O4S. The Labute approximate surface area is 117 Å². The van der Waals surface area contributed by atoms with E-state index in [1.807, 2.05) is 13.8 Å². The Balaban J connectivity index is 2.49. The third kappa shape index (κ3) is 2.53. The second kappa shape index (κ2) is 5.24. The van der Waals surface area contributed by atoms with Crippen LogP contribution in [-0.2, 0) is 19.6 Å². The van der Waals surface area contributed by atoms with Crippen molar-refractivity contribution in [2.75, 3.05) is 7.11 Å². The largest absolute Gasteiger partial charge is 0.467 e. The monoisotopic (exact) mass is 296 g/mol. The summed E-state index contributed by atoms with van der Waals surface area (Å²) in [6.45, 7) is 3.64. The minimum absolute atomic E-state index is 0.104. The summed E-state index contributed by atoms with van der Waals surface area (Å²) in [6.07, 6.45) is 0. The fourth-order valence-electron chi connectivity index (χ4n) is 1.96. The van der Waals surface area contributed by atoms with Crippen LogP contribution in [0.15, 0.2) is 34.2 Å². The number of fused-ring (bicyclic) bond motifs is 1. The molecule has 0 radical (unpaired) electrons. The normalized spacial score (nSPS) is 19.5. The van der Waals surface area contributed by atoms with Crippen LogP contribution >= 0.6 is 0 Å². The number of benzene rings is 1. The first kappa shape index (κ1) is 14.5. The van der Waals surface area contributed by atoms with Crippen molar-refractivity contribution in [3.05, 3.63) is 29.8 Å². The van der Waals surface area contributed by atoms with E-state index >= 15 is 0 Å². The first-order valence-corrected chi connectivity index (χ1v) is 7.63. The number of hydrogen-bond acceptors (Lipinski definition) is 5. The molecule has 0 saturated heterocycles. The van der Waals surface area contributed by atoms with Crippen LogP contribution in [0.3, 0.4) is 0 Å². The Morgan fingerprint density at radius 1 is 1.30 bits per heavy atom. The molecule has 1 aliphatic rings. The predicted octanol–water partition coefficient (Wildman–Crippen LogP) is 0.923. The van der Waals surface area contributed by atoms with E-state index in [1.54, 1.807) is 18.2 Å². The van der Waals surface area contributed by atoms with Crippen LogP contribution in [0, 0.1) is 5.92 Å². The van der Waals surface area contributed by atoms with Gasteiger partial charge in [0, 0.05) is 5.56 Å². The molecule has 0 spiro atoms. The zero-order valence-electron chi connectivity index (χ0n) is 11.5. The summed E-state index contributed by atoms with van der Waals surface area (Å²) in [5, 5.41) is 0. The number of methoxy groups -OCH3 is 1. The highest BCUT2D eigenvalue weighted by Gasteiger charge is 2.32. The third-order valence-electron chi connectivity index (χ3n) is 3.01. The SMILES string of the molecule is COC(=O)C(N=C1NS(=O)(=O)c2ccccc21)C(C)C. The van der Waals surface area contributed by atoms with Crippen LogP contribution in [-0.4, -0.2) is 33.4 Å². The van der Waals surface area contributed by atoms with Crippen LogP contribution in [0.2, 0.25) is 0 Å². The quantitative estimate of drug-likeness (QED) is 0.841. The van der Waals surface area contributed by atoms with E-state index in [-0.39, 0.29) is 16.6 Å². The average Bonchev–Trinajstić information content (AvgIpc) is 2.67. The number of rotatable bonds is 3. The van der Waals surface area contributed by atoms with Gasteiger partial charge in [-0.15, -0.1) is 0 Å². The van der Waals surface area contributed by atoms with Crippen molar-refractivity contribution in [1.29, 1.82) is 0 Å². The Morgan fingerprint density at radius 2 is 1.95 bits per heavy atom. The van der Waals surface area contributed by atoms with E-state index in [9.17, 15) is 13.2 Å². The summed E-state index contributed by atoms with van der Waals surface area (Å²) in [7, 11) is -2.31. The van der Waals surface area contributed by atoms with Crippen LogP contribution in [0.25, 0.3) is 0 Å². The van der Waals surface area contributed by atoms with Crippen LogP contribution in [0.4, 0.5) is 0 Å². The first-order chi connectivity index (χ1) is 9.36. The summed E-state index contributed by atoms with van der Waals surface area (Å²) in [5.41, 5.74) is 0.474. The third-order valence-corrected chi connectivity index (χ3v) is 4.40. The molecule has 1 heterocycles.